The lowest BCUT2D eigenvalue weighted by Gasteiger charge is -2.26. The summed E-state index contributed by atoms with van der Waals surface area (Å²) in [5.74, 6) is -0.154. The predicted molar refractivity (Wildman–Crippen MR) is 259 cm³/mol. The van der Waals surface area contributed by atoms with E-state index >= 15 is 0 Å². The number of nitrogens with one attached hydrogen (secondary N) is 1. The summed E-state index contributed by atoms with van der Waals surface area (Å²) >= 11 is 0. The van der Waals surface area contributed by atoms with Crippen molar-refractivity contribution in [2.45, 2.75) is 295 Å². The van der Waals surface area contributed by atoms with Crippen LogP contribution in [0.4, 0.5) is 0 Å². The van der Waals surface area contributed by atoms with Gasteiger partial charge in [-0.2, -0.15) is 0 Å². The molecule has 0 saturated carbocycles. The fourth-order valence-electron chi connectivity index (χ4n) is 8.14. The van der Waals surface area contributed by atoms with Gasteiger partial charge in [-0.15, -0.1) is 0 Å². The minimum Gasteiger partial charge on any atom is -0.394 e. The highest BCUT2D eigenvalue weighted by atomic mass is 16.3. The Kier molecular flexibility index (Phi) is 48.0. The van der Waals surface area contributed by atoms with Crippen LogP contribution in [-0.4, -0.2) is 46.1 Å². The molecule has 0 rings (SSSR count). The molecule has 4 N–H and O–H groups in total. The van der Waals surface area contributed by atoms with Gasteiger partial charge in [-0.25, -0.2) is 0 Å². The van der Waals surface area contributed by atoms with Gasteiger partial charge in [0.1, 0.15) is 6.10 Å². The predicted octanol–water partition coefficient (Wildman–Crippen LogP) is 15.9. The smallest absolute Gasteiger partial charge is 0.220 e. The van der Waals surface area contributed by atoms with Crippen LogP contribution in [0.2, 0.25) is 0 Å². The SMILES string of the molecule is CCCCCCCCCCC/C=C\C/C=C\CCCCCCCCCCCCCC(=O)NC(CO)C(O)C(O)CCC/C=C/CCCCCCCCCCCCCCC. The maximum atomic E-state index is 12.5. The van der Waals surface area contributed by atoms with E-state index in [9.17, 15) is 20.1 Å². The number of carbonyl (C=O) groups is 1. The molecule has 5 nitrogen and oxygen atoms in total. The first-order valence-corrected chi connectivity index (χ1v) is 26.3. The van der Waals surface area contributed by atoms with Crippen molar-refractivity contribution in [3.05, 3.63) is 36.5 Å². The molecule has 0 aliphatic rings. The molecule has 0 fully saturated rings. The molecule has 0 bridgehead atoms. The van der Waals surface area contributed by atoms with Gasteiger partial charge in [-0.1, -0.05) is 237 Å². The second-order valence-electron chi connectivity index (χ2n) is 18.1. The number of allylic oxidation sites excluding steroid dienone is 6. The topological polar surface area (TPSA) is 89.8 Å². The van der Waals surface area contributed by atoms with Crippen LogP contribution in [0.1, 0.15) is 277 Å². The lowest BCUT2D eigenvalue weighted by molar-refractivity contribution is -0.124. The summed E-state index contributed by atoms with van der Waals surface area (Å²) in [6, 6.07) is -0.827. The molecular weight excluding hydrogens is 727 g/mol. The Morgan fingerprint density at radius 3 is 1.08 bits per heavy atom. The number of rotatable bonds is 48. The molecule has 0 aromatic carbocycles. The van der Waals surface area contributed by atoms with Gasteiger partial charge in [0.15, 0.2) is 0 Å². The highest BCUT2D eigenvalue weighted by Crippen LogP contribution is 2.16. The Morgan fingerprint density at radius 1 is 0.424 bits per heavy atom. The molecule has 0 aromatic heterocycles. The Labute approximate surface area is 368 Å². The van der Waals surface area contributed by atoms with Crippen molar-refractivity contribution in [1.29, 1.82) is 0 Å². The van der Waals surface area contributed by atoms with Crippen molar-refractivity contribution in [1.82, 2.24) is 5.32 Å². The van der Waals surface area contributed by atoms with Crippen LogP contribution >= 0.6 is 0 Å². The van der Waals surface area contributed by atoms with Gasteiger partial charge in [-0.05, 0) is 70.6 Å². The van der Waals surface area contributed by atoms with E-state index in [4.69, 9.17) is 0 Å². The molecule has 0 aliphatic carbocycles. The van der Waals surface area contributed by atoms with Gasteiger partial charge in [0.25, 0.3) is 0 Å². The van der Waals surface area contributed by atoms with Gasteiger partial charge < -0.3 is 20.6 Å². The summed E-state index contributed by atoms with van der Waals surface area (Å²) in [7, 11) is 0. The minimum atomic E-state index is -1.16. The molecule has 5 heteroatoms. The zero-order valence-electron chi connectivity index (χ0n) is 39.6. The summed E-state index contributed by atoms with van der Waals surface area (Å²) in [6.45, 7) is 4.19. The summed E-state index contributed by atoms with van der Waals surface area (Å²) in [5.41, 5.74) is 0. The van der Waals surface area contributed by atoms with Crippen molar-refractivity contribution < 1.29 is 20.1 Å². The molecule has 0 heterocycles. The second-order valence-corrected chi connectivity index (χ2v) is 18.1. The third-order valence-electron chi connectivity index (χ3n) is 12.2. The molecule has 3 unspecified atom stereocenters. The number of unbranched alkanes of at least 4 members (excludes halogenated alkanes) is 34. The third kappa shape index (κ3) is 44.4. The highest BCUT2D eigenvalue weighted by molar-refractivity contribution is 5.76. The second kappa shape index (κ2) is 49.2. The Balaban J connectivity index is 3.60. The van der Waals surface area contributed by atoms with Crippen molar-refractivity contribution in [3.63, 3.8) is 0 Å². The first-order valence-electron chi connectivity index (χ1n) is 26.3. The fourth-order valence-corrected chi connectivity index (χ4v) is 8.14. The first kappa shape index (κ1) is 57.6. The fraction of sp³-hybridized carbons (Fsp3) is 0.870. The normalized spacial score (nSPS) is 13.6. The summed E-state index contributed by atoms with van der Waals surface area (Å²) in [5, 5.41) is 33.7. The maximum absolute atomic E-state index is 12.5. The van der Waals surface area contributed by atoms with Crippen LogP contribution in [-0.2, 0) is 4.79 Å². The Hall–Kier alpha value is -1.43. The lowest BCUT2D eigenvalue weighted by Crippen LogP contribution is -2.50. The van der Waals surface area contributed by atoms with Crippen LogP contribution in [0.15, 0.2) is 36.5 Å². The van der Waals surface area contributed by atoms with Crippen molar-refractivity contribution in [2.75, 3.05) is 6.61 Å². The van der Waals surface area contributed by atoms with Crippen molar-refractivity contribution >= 4 is 5.91 Å². The van der Waals surface area contributed by atoms with Gasteiger partial charge in [0.2, 0.25) is 5.91 Å². The number of amides is 1. The van der Waals surface area contributed by atoms with Gasteiger partial charge in [-0.3, -0.25) is 4.79 Å². The van der Waals surface area contributed by atoms with Crippen LogP contribution in [0.25, 0.3) is 0 Å². The van der Waals surface area contributed by atoms with Crippen LogP contribution in [0, 0.1) is 0 Å². The molecule has 348 valence electrons. The van der Waals surface area contributed by atoms with E-state index in [2.05, 4.69) is 55.6 Å². The Morgan fingerprint density at radius 2 is 0.729 bits per heavy atom. The largest absolute Gasteiger partial charge is 0.394 e. The first-order chi connectivity index (χ1) is 29.1. The molecule has 0 radical (unpaired) electrons. The number of hydrogen-bond donors (Lipinski definition) is 4. The van der Waals surface area contributed by atoms with Gasteiger partial charge >= 0.3 is 0 Å². The Bertz CT molecular complexity index is 916. The average molecular weight is 830 g/mol. The maximum Gasteiger partial charge on any atom is 0.220 e. The summed E-state index contributed by atoms with van der Waals surface area (Å²) in [6.07, 6.45) is 62.8. The lowest BCUT2D eigenvalue weighted by atomic mass is 10.0. The van der Waals surface area contributed by atoms with E-state index in [1.165, 1.54) is 205 Å². The van der Waals surface area contributed by atoms with Crippen LogP contribution in [0.3, 0.4) is 0 Å². The van der Waals surface area contributed by atoms with Crippen molar-refractivity contribution in [2.24, 2.45) is 0 Å². The number of hydrogen-bond acceptors (Lipinski definition) is 4. The van der Waals surface area contributed by atoms with Crippen LogP contribution < -0.4 is 5.32 Å². The van der Waals surface area contributed by atoms with E-state index in [0.717, 1.165) is 44.9 Å². The average Bonchev–Trinajstić information content (AvgIpc) is 3.24. The number of aliphatic hydroxyl groups excluding tert-OH is 3. The van der Waals surface area contributed by atoms with E-state index in [1.54, 1.807) is 0 Å². The molecule has 3 atom stereocenters. The van der Waals surface area contributed by atoms with E-state index in [-0.39, 0.29) is 12.5 Å². The molecule has 0 aromatic rings. The molecule has 59 heavy (non-hydrogen) atoms. The third-order valence-corrected chi connectivity index (χ3v) is 12.2. The minimum absolute atomic E-state index is 0.154. The highest BCUT2D eigenvalue weighted by Gasteiger charge is 2.26. The zero-order chi connectivity index (χ0) is 43.0. The monoisotopic (exact) mass is 830 g/mol. The summed E-state index contributed by atoms with van der Waals surface area (Å²) in [4.78, 5) is 12.5. The standard InChI is InChI=1S/C54H103NO4/c1-3-5-7-9-11-13-15-17-19-21-23-24-25-26-27-28-29-30-31-33-35-37-39-41-43-45-47-49-53(58)55-51(50-56)54(59)52(57)48-46-44-42-40-38-36-34-32-22-20-18-16-14-12-10-8-6-4-2/h23-24,26-27,40,42,51-52,54,56-57,59H,3-22,25,28-39,41,43-50H2,1-2H3,(H,55,58)/b24-23-,27-26-,42-40+. The van der Waals surface area contributed by atoms with Gasteiger partial charge in [0.05, 0.1) is 18.8 Å². The number of aliphatic hydroxyl groups is 3. The molecular formula is C54H103NO4. The van der Waals surface area contributed by atoms with Crippen molar-refractivity contribution in [3.8, 4) is 0 Å². The van der Waals surface area contributed by atoms with Crippen LogP contribution in [0.5, 0.6) is 0 Å². The van der Waals surface area contributed by atoms with E-state index in [0.29, 0.717) is 12.8 Å². The number of carbonyl (C=O) groups excluding carboxylic acids is 1. The van der Waals surface area contributed by atoms with E-state index < -0.39 is 18.2 Å². The molecule has 0 spiro atoms. The van der Waals surface area contributed by atoms with E-state index in [1.807, 2.05) is 0 Å². The quantitative estimate of drug-likeness (QED) is 0.0363. The molecule has 0 saturated heterocycles. The van der Waals surface area contributed by atoms with Gasteiger partial charge in [0, 0.05) is 6.42 Å². The molecule has 1 amide bonds. The molecule has 0 aliphatic heterocycles. The zero-order valence-corrected chi connectivity index (χ0v) is 39.6. The summed E-state index contributed by atoms with van der Waals surface area (Å²) < 4.78 is 0.